The zero-order valence-corrected chi connectivity index (χ0v) is 6.19. The number of hydrogen-bond donors (Lipinski definition) is 0. The Morgan fingerprint density at radius 2 is 2.00 bits per heavy atom. The summed E-state index contributed by atoms with van der Waals surface area (Å²) in [5, 5.41) is 0. The first-order chi connectivity index (χ1) is 4.99. The first-order valence-electron chi connectivity index (χ1n) is 3.22. The second-order valence-corrected chi connectivity index (χ2v) is 2.11. The van der Waals surface area contributed by atoms with Gasteiger partial charge in [-0.2, -0.15) is 13.2 Å². The summed E-state index contributed by atoms with van der Waals surface area (Å²) in [6.45, 7) is 0.645. The highest BCUT2D eigenvalue weighted by Crippen LogP contribution is 2.15. The predicted octanol–water partition coefficient (Wildman–Crippen LogP) is 1.07. The lowest BCUT2D eigenvalue weighted by Crippen LogP contribution is -2.35. The number of carbonyl (C=O) groups excluding carboxylic acids is 1. The van der Waals surface area contributed by atoms with Crippen molar-refractivity contribution in [3.05, 3.63) is 0 Å². The van der Waals surface area contributed by atoms with E-state index in [0.717, 1.165) is 4.90 Å². The molecule has 0 saturated carbocycles. The Labute approximate surface area is 63.0 Å². The van der Waals surface area contributed by atoms with Gasteiger partial charge in [0, 0.05) is 0 Å². The van der Waals surface area contributed by atoms with Gasteiger partial charge in [-0.1, -0.05) is 6.92 Å². The van der Waals surface area contributed by atoms with Crippen LogP contribution in [0.15, 0.2) is 0 Å². The van der Waals surface area contributed by atoms with Crippen molar-refractivity contribution in [3.8, 4) is 0 Å². The van der Waals surface area contributed by atoms with Gasteiger partial charge < -0.3 is 4.79 Å². The molecule has 0 aliphatic heterocycles. The third-order valence-corrected chi connectivity index (χ3v) is 1.18. The maximum Gasteiger partial charge on any atom is 0.401 e. The summed E-state index contributed by atoms with van der Waals surface area (Å²) in [5.41, 5.74) is 0. The molecular formula is C6H10F3NO. The Morgan fingerprint density at radius 3 is 2.27 bits per heavy atom. The Morgan fingerprint density at radius 1 is 1.45 bits per heavy atom. The summed E-state index contributed by atoms with van der Waals surface area (Å²) in [5.74, 6) is 0. The van der Waals surface area contributed by atoms with Crippen LogP contribution in [0.5, 0.6) is 0 Å². The Kier molecular flexibility index (Phi) is 4.10. The molecule has 5 heteroatoms. The van der Waals surface area contributed by atoms with Crippen molar-refractivity contribution < 1.29 is 18.0 Å². The van der Waals surface area contributed by atoms with Gasteiger partial charge in [0.15, 0.2) is 0 Å². The number of hydrogen-bond acceptors (Lipinski definition) is 2. The van der Waals surface area contributed by atoms with Gasteiger partial charge in [0.2, 0.25) is 0 Å². The van der Waals surface area contributed by atoms with Crippen LogP contribution >= 0.6 is 0 Å². The highest BCUT2D eigenvalue weighted by molar-refractivity contribution is 5.51. The van der Waals surface area contributed by atoms with Gasteiger partial charge >= 0.3 is 6.18 Å². The van der Waals surface area contributed by atoms with Gasteiger partial charge in [-0.05, 0) is 6.54 Å². The van der Waals surface area contributed by atoms with E-state index in [0.29, 0.717) is 6.29 Å². The zero-order valence-electron chi connectivity index (χ0n) is 6.19. The third-order valence-electron chi connectivity index (χ3n) is 1.18. The lowest BCUT2D eigenvalue weighted by molar-refractivity contribution is -0.146. The van der Waals surface area contributed by atoms with Crippen LogP contribution in [0.25, 0.3) is 0 Å². The lowest BCUT2D eigenvalue weighted by atomic mass is 10.4. The van der Waals surface area contributed by atoms with E-state index in [2.05, 4.69) is 0 Å². The number of halogens is 3. The van der Waals surface area contributed by atoms with E-state index in [4.69, 9.17) is 0 Å². The minimum Gasteiger partial charge on any atom is -0.302 e. The smallest absolute Gasteiger partial charge is 0.302 e. The molecule has 0 heterocycles. The van der Waals surface area contributed by atoms with Crippen LogP contribution in [0.3, 0.4) is 0 Å². The number of nitrogens with zero attached hydrogens (tertiary/aromatic N) is 1. The molecule has 0 spiro atoms. The Hall–Kier alpha value is -0.580. The molecule has 0 unspecified atom stereocenters. The van der Waals surface area contributed by atoms with Crippen molar-refractivity contribution in [2.24, 2.45) is 0 Å². The van der Waals surface area contributed by atoms with Crippen molar-refractivity contribution in [1.82, 2.24) is 4.90 Å². The lowest BCUT2D eigenvalue weighted by Gasteiger charge is -2.18. The van der Waals surface area contributed by atoms with E-state index in [1.165, 1.54) is 0 Å². The minimum absolute atomic E-state index is 0.157. The van der Waals surface area contributed by atoms with Crippen LogP contribution in [-0.4, -0.2) is 37.0 Å². The molecule has 66 valence electrons. The second kappa shape index (κ2) is 4.33. The largest absolute Gasteiger partial charge is 0.401 e. The monoisotopic (exact) mass is 169 g/mol. The summed E-state index contributed by atoms with van der Waals surface area (Å²) in [6.07, 6.45) is -3.74. The minimum atomic E-state index is -4.21. The van der Waals surface area contributed by atoms with Crippen molar-refractivity contribution in [2.75, 3.05) is 19.6 Å². The molecule has 0 aliphatic carbocycles. The van der Waals surface area contributed by atoms with E-state index in [1.807, 2.05) is 0 Å². The van der Waals surface area contributed by atoms with Gasteiger partial charge in [-0.3, -0.25) is 4.90 Å². The second-order valence-electron chi connectivity index (χ2n) is 2.11. The highest BCUT2D eigenvalue weighted by Gasteiger charge is 2.29. The molecule has 0 N–H and O–H groups in total. The highest BCUT2D eigenvalue weighted by atomic mass is 19.4. The van der Waals surface area contributed by atoms with Crippen molar-refractivity contribution in [3.63, 3.8) is 0 Å². The average molecular weight is 169 g/mol. The number of alkyl halides is 3. The number of carbonyl (C=O) groups is 1. The molecule has 0 atom stereocenters. The third kappa shape index (κ3) is 5.84. The van der Waals surface area contributed by atoms with E-state index in [1.54, 1.807) is 6.92 Å². The zero-order chi connectivity index (χ0) is 8.91. The van der Waals surface area contributed by atoms with Crippen LogP contribution in [-0.2, 0) is 4.79 Å². The van der Waals surface area contributed by atoms with Crippen molar-refractivity contribution in [1.29, 1.82) is 0 Å². The van der Waals surface area contributed by atoms with Gasteiger partial charge in [-0.25, -0.2) is 0 Å². The van der Waals surface area contributed by atoms with Crippen LogP contribution in [0.2, 0.25) is 0 Å². The topological polar surface area (TPSA) is 20.3 Å². The van der Waals surface area contributed by atoms with Gasteiger partial charge in [0.05, 0.1) is 13.1 Å². The average Bonchev–Trinajstić information content (AvgIpc) is 1.84. The summed E-state index contributed by atoms with van der Waals surface area (Å²) in [7, 11) is 0. The summed E-state index contributed by atoms with van der Waals surface area (Å²) in [4.78, 5) is 10.9. The van der Waals surface area contributed by atoms with Gasteiger partial charge in [0.1, 0.15) is 6.29 Å². The molecular weight excluding hydrogens is 159 g/mol. The SMILES string of the molecule is CCN(CC=O)CC(F)(F)F. The van der Waals surface area contributed by atoms with Crippen LogP contribution in [0, 0.1) is 0 Å². The van der Waals surface area contributed by atoms with Gasteiger partial charge in [-0.15, -0.1) is 0 Å². The molecule has 0 amide bonds. The van der Waals surface area contributed by atoms with Gasteiger partial charge in [0.25, 0.3) is 0 Å². The summed E-state index contributed by atoms with van der Waals surface area (Å²) >= 11 is 0. The maximum absolute atomic E-state index is 11.7. The molecule has 0 radical (unpaired) electrons. The van der Waals surface area contributed by atoms with Crippen molar-refractivity contribution >= 4 is 6.29 Å². The molecule has 0 aromatic carbocycles. The standard InChI is InChI=1S/C6H10F3NO/c1-2-10(3-4-11)5-6(7,8)9/h4H,2-3,5H2,1H3. The number of rotatable bonds is 4. The summed E-state index contributed by atoms with van der Waals surface area (Å²) in [6, 6.07) is 0. The number of likely N-dealkylation sites (N-methyl/N-ethyl adjacent to an activating group) is 1. The van der Waals surface area contributed by atoms with Crippen LogP contribution in [0.1, 0.15) is 6.92 Å². The van der Waals surface area contributed by atoms with E-state index in [-0.39, 0.29) is 13.1 Å². The Bertz CT molecular complexity index is 123. The first kappa shape index (κ1) is 10.4. The normalized spacial score (nSPS) is 12.1. The van der Waals surface area contributed by atoms with Crippen molar-refractivity contribution in [2.45, 2.75) is 13.1 Å². The molecule has 0 aliphatic rings. The molecule has 11 heavy (non-hydrogen) atoms. The quantitative estimate of drug-likeness (QED) is 0.587. The molecule has 0 aromatic heterocycles. The Balaban J connectivity index is 3.77. The van der Waals surface area contributed by atoms with E-state index >= 15 is 0 Å². The predicted molar refractivity (Wildman–Crippen MR) is 34.2 cm³/mol. The first-order valence-corrected chi connectivity index (χ1v) is 3.22. The van der Waals surface area contributed by atoms with Crippen LogP contribution < -0.4 is 0 Å². The van der Waals surface area contributed by atoms with E-state index < -0.39 is 12.7 Å². The maximum atomic E-state index is 11.7. The number of aldehydes is 1. The van der Waals surface area contributed by atoms with Crippen LogP contribution in [0.4, 0.5) is 13.2 Å². The molecule has 0 saturated heterocycles. The molecule has 0 aromatic rings. The molecule has 0 rings (SSSR count). The van der Waals surface area contributed by atoms with E-state index in [9.17, 15) is 18.0 Å². The summed E-state index contributed by atoms with van der Waals surface area (Å²) < 4.78 is 35.0. The fourth-order valence-corrected chi connectivity index (χ4v) is 0.664. The fourth-order valence-electron chi connectivity index (χ4n) is 0.664. The fraction of sp³-hybridized carbons (Fsp3) is 0.833. The molecule has 0 fully saturated rings. The molecule has 2 nitrogen and oxygen atoms in total. The molecule has 0 bridgehead atoms.